The molecule has 0 bridgehead atoms. The van der Waals surface area contributed by atoms with Crippen LogP contribution in [-0.4, -0.2) is 183 Å². The number of ketones is 2. The number of rotatable bonds is 24. The van der Waals surface area contributed by atoms with Crippen molar-refractivity contribution in [1.82, 2.24) is 20.4 Å². The molecule has 4 aromatic rings. The average Bonchev–Trinajstić information content (AvgIpc) is 2.47. The van der Waals surface area contributed by atoms with Crippen molar-refractivity contribution in [2.45, 2.75) is 88.2 Å². The zero-order valence-electron chi connectivity index (χ0n) is 48.5. The zero-order valence-corrected chi connectivity index (χ0v) is 50.7. The van der Waals surface area contributed by atoms with Crippen LogP contribution in [0.4, 0.5) is 8.78 Å². The first kappa shape index (κ1) is 70.9. The van der Waals surface area contributed by atoms with Crippen molar-refractivity contribution < 1.29 is 86.4 Å². The highest BCUT2D eigenvalue weighted by molar-refractivity contribution is 14.1. The number of hydrogen-bond donors (Lipinski definition) is 6. The van der Waals surface area contributed by atoms with Crippen LogP contribution < -0.4 is 10.6 Å². The highest BCUT2D eigenvalue weighted by Crippen LogP contribution is 2.25. The molecule has 0 aliphatic carbocycles. The van der Waals surface area contributed by atoms with Crippen molar-refractivity contribution >= 4 is 57.8 Å². The van der Waals surface area contributed by atoms with E-state index in [-0.39, 0.29) is 62.9 Å². The molecule has 2 heterocycles. The number of carbonyl (C=O) groups is 6. The highest BCUT2D eigenvalue weighted by Gasteiger charge is 2.48. The van der Waals surface area contributed by atoms with Gasteiger partial charge in [-0.05, 0) is 148 Å². The summed E-state index contributed by atoms with van der Waals surface area (Å²) in [6, 6.07) is 21.5. The van der Waals surface area contributed by atoms with Gasteiger partial charge in [-0.2, -0.15) is 0 Å². The largest absolute Gasteiger partial charge is 0.394 e. The number of halogens is 3. The van der Waals surface area contributed by atoms with Gasteiger partial charge in [0.2, 0.25) is 0 Å². The lowest BCUT2D eigenvalue weighted by atomic mass is 9.92. The lowest BCUT2D eigenvalue weighted by Gasteiger charge is -2.36. The standard InChI is InChI=1S/C31H37FN2O8.C19H25IN2O5.C12H13FO3/c1-31(30(39)33-2,27(37)20-42-28-6-4-5-16-41-28)34(3)29(38)23-12-9-21(10-13-23)7-8-22-11-14-24(25(32)18-22)26(36)19-40-17-15-35;1-19(18(25)21-2,15(23)12-27-16-6-4-5-11-26-16)22(3)17(24)13-7-9-14(20)10-8-13;1-2-9-3-4-10(11(13)7-9)12(15)8-16-6-5-14/h9-14,18,26,28,35-36H,4-6,15-17,19-20H2,1-3H3,(H,33,39);7-10,16H,4-6,11-12H2,1-3H3,(H,21,25);1,3-4,7,12,14-15H,5-6,8H2/t26?,28?,31-;16?,19-;/m11./s1. The average molecular weight is 1300 g/mol. The molecule has 2 fully saturated rings. The third-order valence-electron chi connectivity index (χ3n) is 13.9. The Balaban J connectivity index is 0.000000306. The Morgan fingerprint density at radius 3 is 1.41 bits per heavy atom. The summed E-state index contributed by atoms with van der Waals surface area (Å²) < 4.78 is 60.9. The quantitative estimate of drug-likeness (QED) is 0.0238. The number of benzene rings is 4. The summed E-state index contributed by atoms with van der Waals surface area (Å²) in [5.74, 6) is 3.56. The summed E-state index contributed by atoms with van der Waals surface area (Å²) in [7, 11) is 5.65. The van der Waals surface area contributed by atoms with E-state index in [1.807, 2.05) is 0 Å². The second-order valence-electron chi connectivity index (χ2n) is 19.7. The van der Waals surface area contributed by atoms with E-state index in [4.69, 9.17) is 45.1 Å². The molecule has 4 amide bonds. The van der Waals surface area contributed by atoms with E-state index in [0.29, 0.717) is 48.3 Å². The number of ether oxygens (including phenoxy) is 6. The predicted molar refractivity (Wildman–Crippen MR) is 316 cm³/mol. The van der Waals surface area contributed by atoms with Gasteiger partial charge in [0, 0.05) is 83.9 Å². The van der Waals surface area contributed by atoms with E-state index in [1.54, 1.807) is 48.5 Å². The van der Waals surface area contributed by atoms with Crippen molar-refractivity contribution in [3.05, 3.63) is 139 Å². The molecule has 0 aromatic heterocycles. The van der Waals surface area contributed by atoms with E-state index >= 15 is 0 Å². The normalized spacial score (nSPS) is 16.7. The Labute approximate surface area is 508 Å². The number of carbonyl (C=O) groups excluding carboxylic acids is 6. The molecule has 4 unspecified atom stereocenters. The molecule has 0 spiro atoms. The molecule has 6 N–H and O–H groups in total. The molecule has 460 valence electrons. The monoisotopic (exact) mass is 1300 g/mol. The molecule has 2 saturated heterocycles. The third-order valence-corrected chi connectivity index (χ3v) is 14.7. The molecular weight excluding hydrogens is 1220 g/mol. The molecule has 2 aliphatic rings. The van der Waals surface area contributed by atoms with Crippen molar-refractivity contribution in [1.29, 1.82) is 0 Å². The van der Waals surface area contributed by atoms with Crippen molar-refractivity contribution in [2.75, 3.05) is 94.3 Å². The van der Waals surface area contributed by atoms with Gasteiger partial charge in [-0.3, -0.25) is 28.8 Å². The maximum atomic E-state index is 14.5. The predicted octanol–water partition coefficient (Wildman–Crippen LogP) is 4.79. The number of nitrogens with one attached hydrogen (secondary N) is 2. The van der Waals surface area contributed by atoms with E-state index in [9.17, 15) is 47.8 Å². The summed E-state index contributed by atoms with van der Waals surface area (Å²) in [6.07, 6.45) is 7.04. The van der Waals surface area contributed by atoms with Crippen LogP contribution in [0.15, 0.2) is 84.9 Å². The molecule has 6 atom stereocenters. The molecule has 4 aromatic carbocycles. The number of nitrogens with zero attached hydrogens (tertiary/aromatic N) is 2. The van der Waals surface area contributed by atoms with Crippen molar-refractivity contribution in [2.24, 2.45) is 0 Å². The summed E-state index contributed by atoms with van der Waals surface area (Å²) in [5, 5.41) is 41.8. The number of Topliss-reactive ketones (excluding diaryl/α,β-unsaturated/α-hetero) is 2. The minimum atomic E-state index is -1.83. The van der Waals surface area contributed by atoms with Crippen LogP contribution in [0.1, 0.15) is 113 Å². The molecule has 85 heavy (non-hydrogen) atoms. The van der Waals surface area contributed by atoms with Gasteiger partial charge in [-0.1, -0.05) is 29.9 Å². The zero-order chi connectivity index (χ0) is 62.7. The summed E-state index contributed by atoms with van der Waals surface area (Å²) in [4.78, 5) is 79.9. The number of aliphatic hydroxyl groups excluding tert-OH is 4. The smallest absolute Gasteiger partial charge is 0.254 e. The van der Waals surface area contributed by atoms with Crippen LogP contribution in [0.5, 0.6) is 0 Å². The molecule has 0 saturated carbocycles. The fourth-order valence-corrected chi connectivity index (χ4v) is 8.77. The van der Waals surface area contributed by atoms with Crippen molar-refractivity contribution in [3.8, 4) is 24.2 Å². The van der Waals surface area contributed by atoms with Gasteiger partial charge in [-0.15, -0.1) is 6.42 Å². The van der Waals surface area contributed by atoms with Gasteiger partial charge < -0.3 is 69.3 Å². The second kappa shape index (κ2) is 35.8. The highest BCUT2D eigenvalue weighted by atomic mass is 127. The van der Waals surface area contributed by atoms with Gasteiger partial charge in [-0.25, -0.2) is 8.78 Å². The SMILES string of the molecule is C#Cc1ccc(C(O)COCCO)c(F)c1.CNC(=O)[C@@](C)(C(=O)COC1CCCCO1)N(C)C(=O)c1ccc(C#Cc2ccc(C(O)COCCO)c(F)c2)cc1.CNC(=O)[C@@](C)(C(=O)COC1CCCCO1)N(C)C(=O)c1ccc(I)cc1. The van der Waals surface area contributed by atoms with Crippen molar-refractivity contribution in [3.63, 3.8) is 0 Å². The molecule has 2 aliphatic heterocycles. The molecule has 6 rings (SSSR count). The Bertz CT molecular complexity index is 2960. The number of amides is 4. The lowest BCUT2D eigenvalue weighted by molar-refractivity contribution is -0.174. The van der Waals surface area contributed by atoms with E-state index < -0.39 is 89.3 Å². The number of aliphatic hydroxyl groups is 4. The van der Waals surface area contributed by atoms with Gasteiger partial charge >= 0.3 is 0 Å². The van der Waals surface area contributed by atoms with E-state index in [1.165, 1.54) is 83.3 Å². The Morgan fingerprint density at radius 2 is 1.04 bits per heavy atom. The fraction of sp³-hybridized carbons (Fsp3) is 0.452. The second-order valence-corrected chi connectivity index (χ2v) is 20.9. The third kappa shape index (κ3) is 20.5. The van der Waals surface area contributed by atoms with Gasteiger partial charge in [0.1, 0.15) is 37.1 Å². The summed E-state index contributed by atoms with van der Waals surface area (Å²) >= 11 is 2.14. The molecule has 0 radical (unpaired) electrons. The Kier molecular flexibility index (Phi) is 29.8. The fourth-order valence-electron chi connectivity index (χ4n) is 8.41. The van der Waals surface area contributed by atoms with Crippen LogP contribution in [-0.2, 0) is 47.6 Å². The topological polar surface area (TPSA) is 269 Å². The van der Waals surface area contributed by atoms with Crippen LogP contribution in [0, 0.1) is 39.4 Å². The van der Waals surface area contributed by atoms with E-state index in [0.717, 1.165) is 34.2 Å². The Hall–Kier alpha value is -6.59. The van der Waals surface area contributed by atoms with Gasteiger partial charge in [0.05, 0.1) is 39.6 Å². The lowest BCUT2D eigenvalue weighted by Crippen LogP contribution is -2.62. The van der Waals surface area contributed by atoms with E-state index in [2.05, 4.69) is 51.0 Å². The maximum absolute atomic E-state index is 14.5. The molecule has 23 heteroatoms. The van der Waals surface area contributed by atoms with Gasteiger partial charge in [0.25, 0.3) is 23.6 Å². The number of likely N-dealkylation sites (N-methyl/N-ethyl adjacent to an activating group) is 4. The molecule has 20 nitrogen and oxygen atoms in total. The minimum Gasteiger partial charge on any atom is -0.394 e. The first-order chi connectivity index (χ1) is 40.6. The van der Waals surface area contributed by atoms with Crippen LogP contribution in [0.3, 0.4) is 0 Å². The van der Waals surface area contributed by atoms with Crippen LogP contribution in [0.25, 0.3) is 0 Å². The number of hydrogen-bond acceptors (Lipinski definition) is 16. The Morgan fingerprint density at radius 1 is 0.647 bits per heavy atom. The minimum absolute atomic E-state index is 0.0413. The van der Waals surface area contributed by atoms with Crippen LogP contribution in [0.2, 0.25) is 0 Å². The van der Waals surface area contributed by atoms with Gasteiger partial charge in [0.15, 0.2) is 35.2 Å². The summed E-state index contributed by atoms with van der Waals surface area (Å²) in [5.41, 5.74) is -1.35. The first-order valence-corrected chi connectivity index (χ1v) is 28.4. The number of terminal acetylenes is 1. The van der Waals surface area contributed by atoms with Crippen LogP contribution >= 0.6 is 22.6 Å². The maximum Gasteiger partial charge on any atom is 0.254 e. The first-order valence-electron chi connectivity index (χ1n) is 27.3. The summed E-state index contributed by atoms with van der Waals surface area (Å²) in [6.45, 7) is 2.86. The molecular formula is C62H75F2IN4O16.